The molecule has 0 fully saturated rings. The smallest absolute Gasteiger partial charge is 0.416 e. The van der Waals surface area contributed by atoms with Gasteiger partial charge in [0.1, 0.15) is 18.1 Å². The fourth-order valence-electron chi connectivity index (χ4n) is 4.51. The number of hydrogen-bond donors (Lipinski definition) is 1. The molecule has 0 aromatic heterocycles. The average molecular weight is 543 g/mol. The van der Waals surface area contributed by atoms with E-state index in [4.69, 9.17) is 14.6 Å². The first kappa shape index (κ1) is 26.8. The predicted molar refractivity (Wildman–Crippen MR) is 148 cm³/mol. The van der Waals surface area contributed by atoms with Gasteiger partial charge < -0.3 is 14.6 Å². The van der Waals surface area contributed by atoms with Crippen LogP contribution in [0.4, 0.5) is 13.2 Å². The van der Waals surface area contributed by atoms with Crippen molar-refractivity contribution >= 4 is 16.7 Å². The van der Waals surface area contributed by atoms with Gasteiger partial charge >= 0.3 is 12.1 Å². The number of rotatable bonds is 8. The maximum atomic E-state index is 13.1. The first-order valence-electron chi connectivity index (χ1n) is 12.5. The summed E-state index contributed by atoms with van der Waals surface area (Å²) >= 11 is 0. The highest BCUT2D eigenvalue weighted by atomic mass is 19.4. The number of ether oxygens (including phenoxy) is 2. The first-order chi connectivity index (χ1) is 19.2. The van der Waals surface area contributed by atoms with Crippen molar-refractivity contribution in [3.05, 3.63) is 120 Å². The number of halogens is 3. The minimum atomic E-state index is -4.41. The lowest BCUT2D eigenvalue weighted by molar-refractivity contribution is -0.139. The van der Waals surface area contributed by atoms with Crippen molar-refractivity contribution in [2.24, 2.45) is 0 Å². The van der Waals surface area contributed by atoms with Gasteiger partial charge in [-0.1, -0.05) is 48.5 Å². The van der Waals surface area contributed by atoms with Gasteiger partial charge in [0.25, 0.3) is 0 Å². The molecular weight excluding hydrogens is 517 g/mol. The fraction of sp³-hybridized carbons (Fsp3) is 0.121. The summed E-state index contributed by atoms with van der Waals surface area (Å²) in [5, 5.41) is 11.0. The molecule has 0 aliphatic heterocycles. The highest BCUT2D eigenvalue weighted by molar-refractivity contribution is 5.88. The van der Waals surface area contributed by atoms with Crippen molar-refractivity contribution < 1.29 is 32.5 Å². The second-order valence-electron chi connectivity index (χ2n) is 9.45. The summed E-state index contributed by atoms with van der Waals surface area (Å²) in [6.07, 6.45) is -4.41. The average Bonchev–Trinajstić information content (AvgIpc) is 2.94. The number of aliphatic carboxylic acids is 1. The zero-order valence-electron chi connectivity index (χ0n) is 21.5. The van der Waals surface area contributed by atoms with Gasteiger partial charge in [0.2, 0.25) is 0 Å². The standard InChI is InChI=1S/C33H25F3O4/c1-21-14-30(12-13-31(21)40-20-32(37)38)39-19-22-15-27(24-8-10-29(11-9-24)33(34,35)36)18-28(16-22)26-7-6-23-4-2-3-5-25(23)17-26/h2-18H,19-20H2,1H3,(H,37,38). The predicted octanol–water partition coefficient (Wildman–Crippen LogP) is 8.54. The van der Waals surface area contributed by atoms with Gasteiger partial charge in [0, 0.05) is 0 Å². The number of hydrogen-bond acceptors (Lipinski definition) is 3. The molecule has 0 unspecified atom stereocenters. The largest absolute Gasteiger partial charge is 0.489 e. The fourth-order valence-corrected chi connectivity index (χ4v) is 4.51. The van der Waals surface area contributed by atoms with Crippen LogP contribution in [-0.2, 0) is 17.6 Å². The number of benzene rings is 5. The van der Waals surface area contributed by atoms with Gasteiger partial charge in [-0.2, -0.15) is 13.2 Å². The lowest BCUT2D eigenvalue weighted by atomic mass is 9.94. The van der Waals surface area contributed by atoms with E-state index in [1.165, 1.54) is 12.1 Å². The van der Waals surface area contributed by atoms with Gasteiger partial charge in [-0.25, -0.2) is 4.79 Å². The van der Waals surface area contributed by atoms with Crippen molar-refractivity contribution in [1.82, 2.24) is 0 Å². The summed E-state index contributed by atoms with van der Waals surface area (Å²) in [7, 11) is 0. The first-order valence-corrected chi connectivity index (χ1v) is 12.5. The number of carbonyl (C=O) groups is 1. The number of aryl methyl sites for hydroxylation is 1. The molecule has 0 spiro atoms. The van der Waals surface area contributed by atoms with Crippen LogP contribution in [0, 0.1) is 6.92 Å². The third-order valence-electron chi connectivity index (χ3n) is 6.52. The summed E-state index contributed by atoms with van der Waals surface area (Å²) in [4.78, 5) is 10.8. The zero-order chi connectivity index (χ0) is 28.3. The van der Waals surface area contributed by atoms with Gasteiger partial charge in [0.15, 0.2) is 6.61 Å². The monoisotopic (exact) mass is 542 g/mol. The van der Waals surface area contributed by atoms with Crippen molar-refractivity contribution in [3.63, 3.8) is 0 Å². The van der Waals surface area contributed by atoms with Gasteiger partial charge in [-0.05, 0) is 106 Å². The SMILES string of the molecule is Cc1cc(OCc2cc(-c3ccc(C(F)(F)F)cc3)cc(-c3ccc4ccccc4c3)c2)ccc1OCC(=O)O. The molecule has 5 aromatic rings. The number of alkyl halides is 3. The van der Waals surface area contributed by atoms with Crippen LogP contribution in [0.25, 0.3) is 33.0 Å². The Hall–Kier alpha value is -4.78. The minimum absolute atomic E-state index is 0.212. The molecule has 5 aromatic carbocycles. The highest BCUT2D eigenvalue weighted by Crippen LogP contribution is 2.34. The summed E-state index contributed by atoms with van der Waals surface area (Å²) in [5.41, 5.74) is 4.19. The number of carboxylic acids is 1. The van der Waals surface area contributed by atoms with E-state index in [1.54, 1.807) is 25.1 Å². The van der Waals surface area contributed by atoms with Crippen molar-refractivity contribution in [2.45, 2.75) is 19.7 Å². The Morgan fingerprint density at radius 3 is 2.08 bits per heavy atom. The van der Waals surface area contributed by atoms with E-state index in [-0.39, 0.29) is 6.61 Å². The minimum Gasteiger partial charge on any atom is -0.489 e. The second-order valence-corrected chi connectivity index (χ2v) is 9.45. The van der Waals surface area contributed by atoms with Gasteiger partial charge in [-0.15, -0.1) is 0 Å². The van der Waals surface area contributed by atoms with Crippen molar-refractivity contribution in [1.29, 1.82) is 0 Å². The van der Waals surface area contributed by atoms with E-state index in [9.17, 15) is 18.0 Å². The zero-order valence-corrected chi connectivity index (χ0v) is 21.5. The number of fused-ring (bicyclic) bond motifs is 1. The normalized spacial score (nSPS) is 11.4. The van der Waals surface area contributed by atoms with Crippen LogP contribution < -0.4 is 9.47 Å². The summed E-state index contributed by atoms with van der Waals surface area (Å²) in [5.74, 6) is -0.0279. The Morgan fingerprint density at radius 2 is 1.40 bits per heavy atom. The molecule has 0 atom stereocenters. The van der Waals surface area contributed by atoms with E-state index in [1.807, 2.05) is 54.6 Å². The molecule has 0 aliphatic rings. The van der Waals surface area contributed by atoms with Crippen LogP contribution in [0.2, 0.25) is 0 Å². The second kappa shape index (κ2) is 11.1. The molecule has 0 saturated heterocycles. The lowest BCUT2D eigenvalue weighted by Crippen LogP contribution is -2.10. The molecule has 0 aliphatic carbocycles. The third kappa shape index (κ3) is 6.26. The Balaban J connectivity index is 1.47. The van der Waals surface area contributed by atoms with Crippen molar-refractivity contribution in [2.75, 3.05) is 6.61 Å². The molecule has 7 heteroatoms. The maximum Gasteiger partial charge on any atom is 0.416 e. The molecule has 202 valence electrons. The van der Waals surface area contributed by atoms with E-state index < -0.39 is 24.3 Å². The molecule has 0 saturated carbocycles. The summed E-state index contributed by atoms with van der Waals surface area (Å²) in [6.45, 7) is 1.58. The quantitative estimate of drug-likeness (QED) is 0.213. The Kier molecular flexibility index (Phi) is 7.47. The van der Waals surface area contributed by atoms with Gasteiger partial charge in [0.05, 0.1) is 5.56 Å². The molecule has 5 rings (SSSR count). The molecule has 40 heavy (non-hydrogen) atoms. The van der Waals surface area contributed by atoms with Crippen LogP contribution in [0.5, 0.6) is 11.5 Å². The Morgan fingerprint density at radius 1 is 0.725 bits per heavy atom. The molecule has 0 heterocycles. The van der Waals surface area contributed by atoms with Crippen LogP contribution in [0.15, 0.2) is 103 Å². The van der Waals surface area contributed by atoms with Crippen molar-refractivity contribution in [3.8, 4) is 33.8 Å². The van der Waals surface area contributed by atoms with E-state index in [2.05, 4.69) is 6.07 Å². The molecule has 1 N–H and O–H groups in total. The molecule has 0 amide bonds. The molecule has 0 bridgehead atoms. The summed E-state index contributed by atoms with van der Waals surface area (Å²) in [6, 6.07) is 30.3. The highest BCUT2D eigenvalue weighted by Gasteiger charge is 2.30. The Labute approximate surface area is 229 Å². The van der Waals surface area contributed by atoms with E-state index in [0.717, 1.165) is 50.7 Å². The Bertz CT molecular complexity index is 1670. The lowest BCUT2D eigenvalue weighted by Gasteiger charge is -2.14. The molecular formula is C33H25F3O4. The van der Waals surface area contributed by atoms with E-state index in [0.29, 0.717) is 17.1 Å². The van der Waals surface area contributed by atoms with Gasteiger partial charge in [-0.3, -0.25) is 0 Å². The number of carboxylic acid groups (broad SMARTS) is 1. The third-order valence-corrected chi connectivity index (χ3v) is 6.52. The molecule has 0 radical (unpaired) electrons. The van der Waals surface area contributed by atoms with Crippen LogP contribution >= 0.6 is 0 Å². The maximum absolute atomic E-state index is 13.1. The van der Waals surface area contributed by atoms with Crippen LogP contribution in [0.3, 0.4) is 0 Å². The van der Waals surface area contributed by atoms with Crippen LogP contribution in [0.1, 0.15) is 16.7 Å². The topological polar surface area (TPSA) is 55.8 Å². The summed E-state index contributed by atoms with van der Waals surface area (Å²) < 4.78 is 50.8. The molecule has 4 nitrogen and oxygen atoms in total. The van der Waals surface area contributed by atoms with Crippen LogP contribution in [-0.4, -0.2) is 17.7 Å². The van der Waals surface area contributed by atoms with E-state index >= 15 is 0 Å².